The summed E-state index contributed by atoms with van der Waals surface area (Å²) in [7, 11) is 0. The standard InChI is InChI=1S/C21H32N2O5S/c1-5-27-20(25)17(11-12-29-4)22-19(24)18(13-15(2)3)23-21(26)28-14-16-9-7-6-8-10-16/h6-10,15,17-18H,5,11-14H2,1-4H3,(H,22,24)(H,23,26)/t17-,18-/m0/s1. The summed E-state index contributed by atoms with van der Waals surface area (Å²) in [6, 6.07) is 7.74. The maximum Gasteiger partial charge on any atom is 0.408 e. The van der Waals surface area contributed by atoms with E-state index in [4.69, 9.17) is 9.47 Å². The fourth-order valence-electron chi connectivity index (χ4n) is 2.61. The Morgan fingerprint density at radius 1 is 1.03 bits per heavy atom. The first-order chi connectivity index (χ1) is 13.9. The smallest absolute Gasteiger partial charge is 0.408 e. The molecule has 7 nitrogen and oxygen atoms in total. The average molecular weight is 425 g/mol. The molecule has 0 radical (unpaired) electrons. The van der Waals surface area contributed by atoms with Crippen molar-refractivity contribution in [1.29, 1.82) is 0 Å². The van der Waals surface area contributed by atoms with Gasteiger partial charge in [-0.25, -0.2) is 9.59 Å². The van der Waals surface area contributed by atoms with E-state index in [1.807, 2.05) is 50.4 Å². The normalized spacial score (nSPS) is 12.7. The Labute approximate surface area is 177 Å². The highest BCUT2D eigenvalue weighted by Crippen LogP contribution is 2.09. The van der Waals surface area contributed by atoms with Gasteiger partial charge in [0.2, 0.25) is 5.91 Å². The molecule has 2 N–H and O–H groups in total. The number of hydrogen-bond acceptors (Lipinski definition) is 6. The summed E-state index contributed by atoms with van der Waals surface area (Å²) in [5.74, 6) is -0.0303. The van der Waals surface area contributed by atoms with Crippen LogP contribution in [-0.2, 0) is 25.7 Å². The number of thioether (sulfide) groups is 1. The third kappa shape index (κ3) is 10.2. The number of esters is 1. The Balaban J connectivity index is 2.71. The summed E-state index contributed by atoms with van der Waals surface area (Å²) in [4.78, 5) is 37.1. The molecule has 0 aromatic heterocycles. The first-order valence-electron chi connectivity index (χ1n) is 9.80. The van der Waals surface area contributed by atoms with E-state index >= 15 is 0 Å². The lowest BCUT2D eigenvalue weighted by molar-refractivity contribution is -0.147. The lowest BCUT2D eigenvalue weighted by Gasteiger charge is -2.23. The minimum absolute atomic E-state index is 0.113. The van der Waals surface area contributed by atoms with Gasteiger partial charge in [-0.1, -0.05) is 44.2 Å². The molecule has 0 fully saturated rings. The summed E-state index contributed by atoms with van der Waals surface area (Å²) in [5, 5.41) is 5.34. The molecule has 0 unspecified atom stereocenters. The van der Waals surface area contributed by atoms with Gasteiger partial charge in [0.25, 0.3) is 0 Å². The second kappa shape index (κ2) is 13.9. The molecule has 1 aromatic rings. The second-order valence-electron chi connectivity index (χ2n) is 6.98. The van der Waals surface area contributed by atoms with Gasteiger partial charge in [-0.15, -0.1) is 0 Å². The van der Waals surface area contributed by atoms with Gasteiger partial charge in [0.15, 0.2) is 0 Å². The molecule has 1 aromatic carbocycles. The number of amides is 2. The van der Waals surface area contributed by atoms with Gasteiger partial charge in [-0.3, -0.25) is 4.79 Å². The molecule has 162 valence electrons. The van der Waals surface area contributed by atoms with Crippen LogP contribution in [0.25, 0.3) is 0 Å². The minimum Gasteiger partial charge on any atom is -0.464 e. The lowest BCUT2D eigenvalue weighted by atomic mass is 10.0. The zero-order valence-electron chi connectivity index (χ0n) is 17.6. The van der Waals surface area contributed by atoms with Gasteiger partial charge in [0, 0.05) is 0 Å². The lowest BCUT2D eigenvalue weighted by Crippen LogP contribution is -2.52. The van der Waals surface area contributed by atoms with E-state index in [1.165, 1.54) is 0 Å². The Morgan fingerprint density at radius 3 is 2.31 bits per heavy atom. The highest BCUT2D eigenvalue weighted by molar-refractivity contribution is 7.98. The average Bonchev–Trinajstić information content (AvgIpc) is 2.69. The van der Waals surface area contributed by atoms with Crippen molar-refractivity contribution in [3.8, 4) is 0 Å². The molecule has 8 heteroatoms. The summed E-state index contributed by atoms with van der Waals surface area (Å²) >= 11 is 1.58. The Bertz CT molecular complexity index is 639. The Kier molecular flexibility index (Phi) is 11.9. The fourth-order valence-corrected chi connectivity index (χ4v) is 3.08. The molecular formula is C21H32N2O5S. The molecule has 0 aliphatic heterocycles. The van der Waals surface area contributed by atoms with E-state index in [0.29, 0.717) is 18.6 Å². The number of ether oxygens (including phenoxy) is 2. The van der Waals surface area contributed by atoms with E-state index in [-0.39, 0.29) is 19.1 Å². The number of nitrogens with one attached hydrogen (secondary N) is 2. The first-order valence-corrected chi connectivity index (χ1v) is 11.2. The Morgan fingerprint density at radius 2 is 1.72 bits per heavy atom. The van der Waals surface area contributed by atoms with Crippen LogP contribution >= 0.6 is 11.8 Å². The fraction of sp³-hybridized carbons (Fsp3) is 0.571. The number of carbonyl (C=O) groups excluding carboxylic acids is 3. The van der Waals surface area contributed by atoms with Crippen LogP contribution < -0.4 is 10.6 Å². The minimum atomic E-state index is -0.801. The maximum absolute atomic E-state index is 12.8. The van der Waals surface area contributed by atoms with Crippen LogP contribution in [0.15, 0.2) is 30.3 Å². The van der Waals surface area contributed by atoms with Gasteiger partial charge < -0.3 is 20.1 Å². The van der Waals surface area contributed by atoms with E-state index in [9.17, 15) is 14.4 Å². The molecule has 0 aliphatic rings. The number of carbonyl (C=O) groups is 3. The molecule has 1 rings (SSSR count). The molecule has 0 saturated heterocycles. The number of alkyl carbamates (subject to hydrolysis) is 1. The van der Waals surface area contributed by atoms with Crippen molar-refractivity contribution in [2.24, 2.45) is 5.92 Å². The molecular weight excluding hydrogens is 392 g/mol. The van der Waals surface area contributed by atoms with Crippen LogP contribution in [0.3, 0.4) is 0 Å². The van der Waals surface area contributed by atoms with Crippen molar-refractivity contribution in [2.45, 2.75) is 52.3 Å². The molecule has 0 aliphatic carbocycles. The van der Waals surface area contributed by atoms with Crippen LogP contribution in [0.4, 0.5) is 4.79 Å². The van der Waals surface area contributed by atoms with E-state index in [0.717, 1.165) is 5.56 Å². The van der Waals surface area contributed by atoms with Crippen LogP contribution in [-0.4, -0.2) is 48.7 Å². The predicted octanol–water partition coefficient (Wildman–Crippen LogP) is 3.13. The van der Waals surface area contributed by atoms with Gasteiger partial charge in [0.1, 0.15) is 18.7 Å². The molecule has 0 heterocycles. The first kappa shape index (κ1) is 24.8. The second-order valence-corrected chi connectivity index (χ2v) is 7.97. The molecule has 2 atom stereocenters. The van der Waals surface area contributed by atoms with E-state index < -0.39 is 30.1 Å². The highest BCUT2D eigenvalue weighted by Gasteiger charge is 2.28. The van der Waals surface area contributed by atoms with Crippen molar-refractivity contribution in [3.63, 3.8) is 0 Å². The van der Waals surface area contributed by atoms with Crippen LogP contribution in [0, 0.1) is 5.92 Å². The van der Waals surface area contributed by atoms with Crippen molar-refractivity contribution < 1.29 is 23.9 Å². The zero-order valence-corrected chi connectivity index (χ0v) is 18.4. The molecule has 2 amide bonds. The SMILES string of the molecule is CCOC(=O)[C@H](CCSC)NC(=O)[C@H](CC(C)C)NC(=O)OCc1ccccc1. The third-order valence-electron chi connectivity index (χ3n) is 4.03. The van der Waals surface area contributed by atoms with Crippen molar-refractivity contribution in [1.82, 2.24) is 10.6 Å². The molecule has 0 bridgehead atoms. The largest absolute Gasteiger partial charge is 0.464 e. The molecule has 0 spiro atoms. The van der Waals surface area contributed by atoms with Gasteiger partial charge >= 0.3 is 12.1 Å². The monoisotopic (exact) mass is 424 g/mol. The van der Waals surface area contributed by atoms with Crippen molar-refractivity contribution in [3.05, 3.63) is 35.9 Å². The Hall–Kier alpha value is -2.22. The quantitative estimate of drug-likeness (QED) is 0.501. The number of hydrogen-bond donors (Lipinski definition) is 2. The predicted molar refractivity (Wildman–Crippen MR) is 115 cm³/mol. The number of benzene rings is 1. The van der Waals surface area contributed by atoms with Crippen LogP contribution in [0.2, 0.25) is 0 Å². The molecule has 0 saturated carbocycles. The summed E-state index contributed by atoms with van der Waals surface area (Å²) in [5.41, 5.74) is 0.854. The van der Waals surface area contributed by atoms with E-state index in [2.05, 4.69) is 10.6 Å². The maximum atomic E-state index is 12.8. The van der Waals surface area contributed by atoms with Crippen LogP contribution in [0.1, 0.15) is 39.2 Å². The van der Waals surface area contributed by atoms with Gasteiger partial charge in [-0.2, -0.15) is 11.8 Å². The number of rotatable bonds is 12. The van der Waals surface area contributed by atoms with Gasteiger partial charge in [-0.05, 0) is 43.3 Å². The topological polar surface area (TPSA) is 93.7 Å². The van der Waals surface area contributed by atoms with Crippen molar-refractivity contribution >= 4 is 29.7 Å². The summed E-state index contributed by atoms with van der Waals surface area (Å²) < 4.78 is 10.3. The van der Waals surface area contributed by atoms with Gasteiger partial charge in [0.05, 0.1) is 6.61 Å². The summed E-state index contributed by atoms with van der Waals surface area (Å²) in [6.45, 7) is 5.98. The molecule has 29 heavy (non-hydrogen) atoms. The van der Waals surface area contributed by atoms with E-state index in [1.54, 1.807) is 18.7 Å². The van der Waals surface area contributed by atoms with Crippen LogP contribution in [0.5, 0.6) is 0 Å². The van der Waals surface area contributed by atoms with Crippen molar-refractivity contribution in [2.75, 3.05) is 18.6 Å². The zero-order chi connectivity index (χ0) is 21.6. The highest BCUT2D eigenvalue weighted by atomic mass is 32.2. The summed E-state index contributed by atoms with van der Waals surface area (Å²) in [6.07, 6.45) is 2.13. The third-order valence-corrected chi connectivity index (χ3v) is 4.67.